The Hall–Kier alpha value is -0.200. The summed E-state index contributed by atoms with van der Waals surface area (Å²) < 4.78 is 4.74. The van der Waals surface area contributed by atoms with Crippen LogP contribution in [-0.4, -0.2) is 12.5 Å². The van der Waals surface area contributed by atoms with E-state index in [4.69, 9.17) is 16.4 Å². The van der Waals surface area contributed by atoms with Crippen molar-refractivity contribution in [3.8, 4) is 0 Å². The van der Waals surface area contributed by atoms with Gasteiger partial charge in [-0.3, -0.25) is 11.7 Å². The number of hydrogen-bond donors (Lipinski definition) is 4. The highest BCUT2D eigenvalue weighted by Crippen LogP contribution is 2.11. The molecule has 5 heteroatoms. The smallest absolute Gasteiger partial charge is 0.163 e. The van der Waals surface area contributed by atoms with Crippen LogP contribution in [0.2, 0.25) is 0 Å². The molecule has 0 bridgehead atoms. The van der Waals surface area contributed by atoms with Crippen molar-refractivity contribution in [2.45, 2.75) is 12.5 Å². The van der Waals surface area contributed by atoms with Gasteiger partial charge >= 0.3 is 0 Å². The molecule has 1 aliphatic heterocycles. The number of hydrazine groups is 2. The maximum atomic E-state index is 4.93. The van der Waals surface area contributed by atoms with Crippen LogP contribution in [0.4, 0.5) is 0 Å². The van der Waals surface area contributed by atoms with Crippen molar-refractivity contribution >= 4 is 0 Å². The first-order chi connectivity index (χ1) is 3.38. The van der Waals surface area contributed by atoms with Crippen molar-refractivity contribution in [3.63, 3.8) is 0 Å². The zero-order valence-corrected chi connectivity index (χ0v) is 3.72. The lowest BCUT2D eigenvalue weighted by Gasteiger charge is -1.85. The first kappa shape index (κ1) is 4.95. The van der Waals surface area contributed by atoms with Gasteiger partial charge in [0.15, 0.2) is 12.5 Å². The molecule has 0 aromatic rings. The standard InChI is InChI=1S/C2H8N4O/c3-5-1-2(6-4)7-1/h1-2,5-6H,3-4H2. The van der Waals surface area contributed by atoms with Crippen LogP contribution in [0.15, 0.2) is 0 Å². The van der Waals surface area contributed by atoms with E-state index in [2.05, 4.69) is 10.9 Å². The summed E-state index contributed by atoms with van der Waals surface area (Å²) in [5.74, 6) is 9.86. The van der Waals surface area contributed by atoms with E-state index >= 15 is 0 Å². The van der Waals surface area contributed by atoms with Crippen LogP contribution in [0, 0.1) is 0 Å². The third-order valence-corrected chi connectivity index (χ3v) is 0.820. The fourth-order valence-corrected chi connectivity index (χ4v) is 0.366. The van der Waals surface area contributed by atoms with Gasteiger partial charge in [0, 0.05) is 0 Å². The normalized spacial score (nSPS) is 38.6. The van der Waals surface area contributed by atoms with Crippen LogP contribution in [0.1, 0.15) is 0 Å². The number of nitrogens with two attached hydrogens (primary N) is 2. The van der Waals surface area contributed by atoms with Crippen molar-refractivity contribution in [2.75, 3.05) is 0 Å². The molecule has 0 amide bonds. The Bertz CT molecular complexity index is 58.7. The summed E-state index contributed by atoms with van der Waals surface area (Å²) in [4.78, 5) is 0. The second-order valence-corrected chi connectivity index (χ2v) is 1.31. The molecule has 1 rings (SSSR count). The van der Waals surface area contributed by atoms with Crippen molar-refractivity contribution in [1.29, 1.82) is 0 Å². The van der Waals surface area contributed by atoms with Gasteiger partial charge in [0.1, 0.15) is 0 Å². The lowest BCUT2D eigenvalue weighted by Crippen LogP contribution is -2.34. The van der Waals surface area contributed by atoms with Gasteiger partial charge in [-0.05, 0) is 0 Å². The second kappa shape index (κ2) is 1.73. The number of hydrogen-bond acceptors (Lipinski definition) is 5. The lowest BCUT2D eigenvalue weighted by atomic mass is 10.7. The quantitative estimate of drug-likeness (QED) is 0.178. The van der Waals surface area contributed by atoms with E-state index in [0.29, 0.717) is 0 Å². The summed E-state index contributed by atoms with van der Waals surface area (Å²) in [6.45, 7) is 0. The lowest BCUT2D eigenvalue weighted by molar-refractivity contribution is 0.330. The number of epoxide rings is 1. The third kappa shape index (κ3) is 0.872. The SMILES string of the molecule is NNC1OC1NN. The molecular weight excluding hydrogens is 96.0 g/mol. The van der Waals surface area contributed by atoms with Crippen molar-refractivity contribution in [1.82, 2.24) is 10.9 Å². The largest absolute Gasteiger partial charge is 0.334 e. The Labute approximate surface area is 40.9 Å². The van der Waals surface area contributed by atoms with E-state index in [1.54, 1.807) is 0 Å². The Kier molecular flexibility index (Phi) is 1.22. The molecule has 0 spiro atoms. The van der Waals surface area contributed by atoms with Crippen molar-refractivity contribution < 1.29 is 4.74 Å². The van der Waals surface area contributed by atoms with Gasteiger partial charge in [-0.1, -0.05) is 0 Å². The van der Waals surface area contributed by atoms with E-state index in [1.807, 2.05) is 0 Å². The minimum absolute atomic E-state index is 0.0926. The van der Waals surface area contributed by atoms with E-state index in [-0.39, 0.29) is 12.5 Å². The van der Waals surface area contributed by atoms with E-state index < -0.39 is 0 Å². The van der Waals surface area contributed by atoms with E-state index in [1.165, 1.54) is 0 Å². The van der Waals surface area contributed by atoms with Gasteiger partial charge in [0.25, 0.3) is 0 Å². The molecular formula is C2H8N4O. The molecule has 1 aliphatic rings. The van der Waals surface area contributed by atoms with Gasteiger partial charge in [0.05, 0.1) is 0 Å². The molecule has 6 N–H and O–H groups in total. The van der Waals surface area contributed by atoms with Crippen LogP contribution in [-0.2, 0) is 4.74 Å². The molecule has 0 radical (unpaired) electrons. The summed E-state index contributed by atoms with van der Waals surface area (Å²) in [6.07, 6.45) is -0.185. The number of nitrogens with one attached hydrogen (secondary N) is 2. The molecule has 5 nitrogen and oxygen atoms in total. The molecule has 0 saturated carbocycles. The fraction of sp³-hybridized carbons (Fsp3) is 1.00. The van der Waals surface area contributed by atoms with Crippen LogP contribution >= 0.6 is 0 Å². The first-order valence-electron chi connectivity index (χ1n) is 1.96. The van der Waals surface area contributed by atoms with Gasteiger partial charge < -0.3 is 4.74 Å². The molecule has 7 heavy (non-hydrogen) atoms. The predicted octanol–water partition coefficient (Wildman–Crippen LogP) is -2.40. The zero-order valence-electron chi connectivity index (χ0n) is 3.72. The molecule has 1 heterocycles. The van der Waals surface area contributed by atoms with E-state index in [0.717, 1.165) is 0 Å². The molecule has 1 fully saturated rings. The zero-order chi connectivity index (χ0) is 5.28. The molecule has 1 saturated heterocycles. The fourth-order valence-electron chi connectivity index (χ4n) is 0.366. The predicted molar refractivity (Wildman–Crippen MR) is 23.3 cm³/mol. The maximum absolute atomic E-state index is 4.93. The maximum Gasteiger partial charge on any atom is 0.163 e. The van der Waals surface area contributed by atoms with Gasteiger partial charge in [-0.15, -0.1) is 0 Å². The highest BCUT2D eigenvalue weighted by atomic mass is 16.6. The minimum Gasteiger partial charge on any atom is -0.334 e. The summed E-state index contributed by atoms with van der Waals surface area (Å²) in [7, 11) is 0. The third-order valence-electron chi connectivity index (χ3n) is 0.820. The highest BCUT2D eigenvalue weighted by Gasteiger charge is 2.36. The summed E-state index contributed by atoms with van der Waals surface area (Å²) in [6, 6.07) is 0. The van der Waals surface area contributed by atoms with Gasteiger partial charge in [-0.2, -0.15) is 0 Å². The van der Waals surface area contributed by atoms with Crippen LogP contribution < -0.4 is 22.5 Å². The van der Waals surface area contributed by atoms with E-state index in [9.17, 15) is 0 Å². The van der Waals surface area contributed by atoms with Crippen LogP contribution in [0.25, 0.3) is 0 Å². The van der Waals surface area contributed by atoms with Crippen LogP contribution in [0.5, 0.6) is 0 Å². The van der Waals surface area contributed by atoms with Crippen molar-refractivity contribution in [2.24, 2.45) is 11.7 Å². The summed E-state index contributed by atoms with van der Waals surface area (Å²) in [5.41, 5.74) is 4.75. The summed E-state index contributed by atoms with van der Waals surface area (Å²) in [5, 5.41) is 0. The second-order valence-electron chi connectivity index (χ2n) is 1.31. The monoisotopic (exact) mass is 104 g/mol. The number of rotatable bonds is 2. The van der Waals surface area contributed by atoms with Crippen LogP contribution in [0.3, 0.4) is 0 Å². The molecule has 42 valence electrons. The first-order valence-corrected chi connectivity index (χ1v) is 1.96. The molecule has 0 aromatic carbocycles. The topological polar surface area (TPSA) is 88.6 Å². The molecule has 0 aliphatic carbocycles. The average Bonchev–Trinajstić information content (AvgIpc) is 2.43. The van der Waals surface area contributed by atoms with Gasteiger partial charge in [0.2, 0.25) is 0 Å². The molecule has 2 unspecified atom stereocenters. The highest BCUT2D eigenvalue weighted by molar-refractivity contribution is 4.74. The number of ether oxygens (including phenoxy) is 1. The Morgan fingerprint density at radius 2 is 1.57 bits per heavy atom. The Morgan fingerprint density at radius 1 is 1.14 bits per heavy atom. The summed E-state index contributed by atoms with van der Waals surface area (Å²) >= 11 is 0. The van der Waals surface area contributed by atoms with Crippen molar-refractivity contribution in [3.05, 3.63) is 0 Å². The molecule has 2 atom stereocenters. The Balaban J connectivity index is 2.06. The Morgan fingerprint density at radius 3 is 1.71 bits per heavy atom. The average molecular weight is 104 g/mol. The van der Waals surface area contributed by atoms with Gasteiger partial charge in [-0.25, -0.2) is 10.9 Å². The molecule has 0 aromatic heterocycles. The minimum atomic E-state index is -0.0926.